The summed E-state index contributed by atoms with van der Waals surface area (Å²) >= 11 is 0. The molecule has 6 heteroatoms. The molecule has 0 radical (unpaired) electrons. The molecule has 3 aliphatic rings. The molecule has 1 aliphatic heterocycles. The van der Waals surface area contributed by atoms with Crippen molar-refractivity contribution in [2.24, 2.45) is 23.7 Å². The number of carbonyl (C=O) groups is 3. The van der Waals surface area contributed by atoms with Crippen LogP contribution in [0.25, 0.3) is 0 Å². The number of nitrogens with zero attached hydrogens (tertiary/aromatic N) is 1. The molecule has 2 aliphatic carbocycles. The maximum Gasteiger partial charge on any atom is 0.331 e. The van der Waals surface area contributed by atoms with Crippen LogP contribution >= 0.6 is 0 Å². The van der Waals surface area contributed by atoms with E-state index in [2.05, 4.69) is 0 Å². The van der Waals surface area contributed by atoms with Gasteiger partial charge >= 0.3 is 5.97 Å². The minimum atomic E-state index is -0.603. The summed E-state index contributed by atoms with van der Waals surface area (Å²) in [5, 5.41) is 0. The molecule has 6 nitrogen and oxygen atoms in total. The van der Waals surface area contributed by atoms with E-state index in [1.54, 1.807) is 31.4 Å². The standard InChI is InChI=1S/C18H19NO5/c1-23-12-4-6-13(7-5-12)24-14(20)9-19-17(21)15-10-2-3-11(8-10)16(15)18(19)22/h4-7,10-11,15-16H,2-3,8-9H2,1H3/t10-,11-,15-,16-/m0/s1. The van der Waals surface area contributed by atoms with Gasteiger partial charge in [-0.1, -0.05) is 0 Å². The molecule has 2 bridgehead atoms. The van der Waals surface area contributed by atoms with Crippen molar-refractivity contribution in [2.45, 2.75) is 19.3 Å². The summed E-state index contributed by atoms with van der Waals surface area (Å²) in [6.07, 6.45) is 3.03. The summed E-state index contributed by atoms with van der Waals surface area (Å²) in [7, 11) is 1.55. The van der Waals surface area contributed by atoms with Crippen molar-refractivity contribution in [2.75, 3.05) is 13.7 Å². The third-order valence-corrected chi connectivity index (χ3v) is 5.60. The Morgan fingerprint density at radius 3 is 2.12 bits per heavy atom. The Morgan fingerprint density at radius 1 is 1.04 bits per heavy atom. The van der Waals surface area contributed by atoms with Crippen molar-refractivity contribution < 1.29 is 23.9 Å². The van der Waals surface area contributed by atoms with E-state index in [0.717, 1.165) is 24.2 Å². The van der Waals surface area contributed by atoms with E-state index < -0.39 is 5.97 Å². The van der Waals surface area contributed by atoms with Gasteiger partial charge < -0.3 is 9.47 Å². The third kappa shape index (κ3) is 2.28. The quantitative estimate of drug-likeness (QED) is 0.477. The molecule has 0 spiro atoms. The van der Waals surface area contributed by atoms with Gasteiger partial charge in [0.05, 0.1) is 18.9 Å². The molecule has 0 aromatic heterocycles. The molecule has 3 fully saturated rings. The molecular weight excluding hydrogens is 310 g/mol. The van der Waals surface area contributed by atoms with E-state index in [-0.39, 0.29) is 30.2 Å². The minimum absolute atomic E-state index is 0.191. The minimum Gasteiger partial charge on any atom is -0.497 e. The highest BCUT2D eigenvalue weighted by atomic mass is 16.5. The lowest BCUT2D eigenvalue weighted by Gasteiger charge is -2.19. The van der Waals surface area contributed by atoms with Gasteiger partial charge in [-0.05, 0) is 55.4 Å². The van der Waals surface area contributed by atoms with Gasteiger partial charge in [0.2, 0.25) is 11.8 Å². The third-order valence-electron chi connectivity index (χ3n) is 5.60. The number of methoxy groups -OCH3 is 1. The fourth-order valence-corrected chi connectivity index (χ4v) is 4.56. The lowest BCUT2D eigenvalue weighted by Crippen LogP contribution is -2.38. The maximum absolute atomic E-state index is 12.5. The van der Waals surface area contributed by atoms with Crippen molar-refractivity contribution in [3.05, 3.63) is 24.3 Å². The first kappa shape index (κ1) is 15.2. The monoisotopic (exact) mass is 329 g/mol. The molecule has 1 aromatic carbocycles. The smallest absolute Gasteiger partial charge is 0.331 e. The van der Waals surface area contributed by atoms with Crippen LogP contribution < -0.4 is 9.47 Å². The largest absolute Gasteiger partial charge is 0.497 e. The first-order valence-corrected chi connectivity index (χ1v) is 8.28. The number of carbonyl (C=O) groups excluding carboxylic acids is 3. The normalized spacial score (nSPS) is 30.6. The SMILES string of the molecule is COc1ccc(OC(=O)CN2C(=O)[C@H]3[C@H]4CC[C@@H](C4)[C@@H]3C2=O)cc1. The number of ether oxygens (including phenoxy) is 2. The Labute approximate surface area is 139 Å². The Balaban J connectivity index is 1.42. The maximum atomic E-state index is 12.5. The molecule has 4 rings (SSSR count). The van der Waals surface area contributed by atoms with Gasteiger partial charge in [0.1, 0.15) is 18.0 Å². The van der Waals surface area contributed by atoms with Gasteiger partial charge in [0.15, 0.2) is 0 Å². The van der Waals surface area contributed by atoms with E-state index in [9.17, 15) is 14.4 Å². The van der Waals surface area contributed by atoms with E-state index in [1.807, 2.05) is 0 Å². The average molecular weight is 329 g/mol. The molecule has 2 amide bonds. The number of likely N-dealkylation sites (tertiary alicyclic amines) is 1. The van der Waals surface area contributed by atoms with E-state index >= 15 is 0 Å². The van der Waals surface area contributed by atoms with Crippen molar-refractivity contribution in [1.29, 1.82) is 0 Å². The molecule has 1 saturated heterocycles. The Bertz CT molecular complexity index is 670. The van der Waals surface area contributed by atoms with E-state index in [0.29, 0.717) is 23.3 Å². The van der Waals surface area contributed by atoms with E-state index in [4.69, 9.17) is 9.47 Å². The van der Waals surface area contributed by atoms with Crippen LogP contribution in [0.3, 0.4) is 0 Å². The summed E-state index contributed by atoms with van der Waals surface area (Å²) in [5.74, 6) is 0.262. The molecule has 2 saturated carbocycles. The predicted octanol–water partition coefficient (Wildman–Crippen LogP) is 1.63. The lowest BCUT2D eigenvalue weighted by atomic mass is 9.81. The highest BCUT2D eigenvalue weighted by Gasteiger charge is 2.61. The number of esters is 1. The first-order chi connectivity index (χ1) is 11.6. The Hall–Kier alpha value is -2.37. The van der Waals surface area contributed by atoms with Crippen LogP contribution in [-0.4, -0.2) is 36.3 Å². The van der Waals surface area contributed by atoms with Crippen molar-refractivity contribution >= 4 is 17.8 Å². The second-order valence-corrected chi connectivity index (χ2v) is 6.80. The molecule has 0 unspecified atom stereocenters. The average Bonchev–Trinajstić information content (AvgIpc) is 3.25. The molecular formula is C18H19NO5. The zero-order valence-electron chi connectivity index (χ0n) is 13.4. The van der Waals surface area contributed by atoms with Crippen LogP contribution in [0.15, 0.2) is 24.3 Å². The van der Waals surface area contributed by atoms with Crippen LogP contribution in [0.5, 0.6) is 11.5 Å². The van der Waals surface area contributed by atoms with Crippen LogP contribution in [0.4, 0.5) is 0 Å². The van der Waals surface area contributed by atoms with Gasteiger partial charge in [-0.2, -0.15) is 0 Å². The number of imide groups is 1. The molecule has 126 valence electrons. The fourth-order valence-electron chi connectivity index (χ4n) is 4.56. The van der Waals surface area contributed by atoms with Crippen LogP contribution in [0.1, 0.15) is 19.3 Å². The lowest BCUT2D eigenvalue weighted by molar-refractivity contribution is -0.148. The molecule has 24 heavy (non-hydrogen) atoms. The second-order valence-electron chi connectivity index (χ2n) is 6.80. The Morgan fingerprint density at radius 2 is 1.58 bits per heavy atom. The number of rotatable bonds is 4. The summed E-state index contributed by atoms with van der Waals surface area (Å²) in [4.78, 5) is 38.3. The van der Waals surface area contributed by atoms with Gasteiger partial charge in [0, 0.05) is 0 Å². The predicted molar refractivity (Wildman–Crippen MR) is 83.2 cm³/mol. The zero-order chi connectivity index (χ0) is 16.8. The number of benzene rings is 1. The van der Waals surface area contributed by atoms with Gasteiger partial charge in [0.25, 0.3) is 0 Å². The Kier molecular flexibility index (Phi) is 3.55. The van der Waals surface area contributed by atoms with E-state index in [1.165, 1.54) is 0 Å². The summed E-state index contributed by atoms with van der Waals surface area (Å²) in [6, 6.07) is 6.58. The summed E-state index contributed by atoms with van der Waals surface area (Å²) in [6.45, 7) is -0.309. The highest BCUT2D eigenvalue weighted by Crippen LogP contribution is 2.56. The number of fused-ring (bicyclic) bond motifs is 5. The van der Waals surface area contributed by atoms with Crippen LogP contribution in [-0.2, 0) is 14.4 Å². The first-order valence-electron chi connectivity index (χ1n) is 8.28. The second kappa shape index (κ2) is 5.61. The van der Waals surface area contributed by atoms with Crippen molar-refractivity contribution in [3.63, 3.8) is 0 Å². The number of hydrogen-bond donors (Lipinski definition) is 0. The molecule has 1 heterocycles. The van der Waals surface area contributed by atoms with Crippen molar-refractivity contribution in [3.8, 4) is 11.5 Å². The summed E-state index contributed by atoms with van der Waals surface area (Å²) < 4.78 is 10.3. The molecule has 0 N–H and O–H groups in total. The molecule has 4 atom stereocenters. The van der Waals surface area contributed by atoms with Gasteiger partial charge in [-0.25, -0.2) is 4.79 Å². The van der Waals surface area contributed by atoms with Crippen LogP contribution in [0, 0.1) is 23.7 Å². The molecule has 1 aromatic rings. The van der Waals surface area contributed by atoms with Gasteiger partial charge in [-0.15, -0.1) is 0 Å². The highest BCUT2D eigenvalue weighted by molar-refractivity contribution is 6.07. The fraction of sp³-hybridized carbons (Fsp3) is 0.500. The van der Waals surface area contributed by atoms with Crippen molar-refractivity contribution in [1.82, 2.24) is 4.90 Å². The zero-order valence-corrected chi connectivity index (χ0v) is 13.4. The van der Waals surface area contributed by atoms with Gasteiger partial charge in [-0.3, -0.25) is 14.5 Å². The number of hydrogen-bond acceptors (Lipinski definition) is 5. The number of amides is 2. The van der Waals surface area contributed by atoms with Crippen LogP contribution in [0.2, 0.25) is 0 Å². The summed E-state index contributed by atoms with van der Waals surface area (Å²) in [5.41, 5.74) is 0. The topological polar surface area (TPSA) is 72.9 Å².